The standard InChI is InChI=1S/C20H29FN4OS/c1-3-27(26)17-6-4-5-16(12-17)25-20(22-2)23-10-9-14-13-24-19-11-15(21)7-8-18(14)19/h7-8,11,13,16-17,24H,3-6,9-10,12H2,1-2H3,(H2,22,23,25). The van der Waals surface area contributed by atoms with Crippen LogP contribution in [-0.4, -0.2) is 45.8 Å². The van der Waals surface area contributed by atoms with Crippen LogP contribution < -0.4 is 10.6 Å². The molecule has 0 bridgehead atoms. The fourth-order valence-corrected chi connectivity index (χ4v) is 5.17. The Kier molecular flexibility index (Phi) is 6.88. The van der Waals surface area contributed by atoms with Crippen molar-refractivity contribution in [2.75, 3.05) is 19.3 Å². The van der Waals surface area contributed by atoms with Crippen LogP contribution in [0.2, 0.25) is 0 Å². The van der Waals surface area contributed by atoms with Crippen LogP contribution in [0, 0.1) is 5.82 Å². The molecule has 1 aliphatic carbocycles. The summed E-state index contributed by atoms with van der Waals surface area (Å²) in [6.07, 6.45) is 6.96. The number of hydrogen-bond donors (Lipinski definition) is 3. The van der Waals surface area contributed by atoms with Gasteiger partial charge in [-0.05, 0) is 49.4 Å². The summed E-state index contributed by atoms with van der Waals surface area (Å²) in [5, 5.41) is 8.20. The molecule has 0 amide bonds. The largest absolute Gasteiger partial charge is 0.361 e. The number of guanidine groups is 1. The van der Waals surface area contributed by atoms with E-state index in [1.807, 2.05) is 19.2 Å². The summed E-state index contributed by atoms with van der Waals surface area (Å²) in [5.41, 5.74) is 1.98. The molecule has 3 N–H and O–H groups in total. The van der Waals surface area contributed by atoms with Gasteiger partial charge in [-0.2, -0.15) is 0 Å². The smallest absolute Gasteiger partial charge is 0.191 e. The van der Waals surface area contributed by atoms with Gasteiger partial charge in [-0.25, -0.2) is 4.39 Å². The fourth-order valence-electron chi connectivity index (χ4n) is 3.82. The number of aromatic nitrogens is 1. The van der Waals surface area contributed by atoms with Crippen molar-refractivity contribution in [1.29, 1.82) is 0 Å². The van der Waals surface area contributed by atoms with Gasteiger partial charge in [0.05, 0.1) is 0 Å². The summed E-state index contributed by atoms with van der Waals surface area (Å²) >= 11 is 0. The van der Waals surface area contributed by atoms with Crippen LogP contribution in [0.15, 0.2) is 29.4 Å². The van der Waals surface area contributed by atoms with Crippen LogP contribution >= 0.6 is 0 Å². The molecule has 1 aliphatic rings. The van der Waals surface area contributed by atoms with Gasteiger partial charge in [-0.1, -0.05) is 13.3 Å². The number of nitrogens with one attached hydrogen (secondary N) is 3. The Bertz CT molecular complexity index is 819. The highest BCUT2D eigenvalue weighted by Gasteiger charge is 2.25. The van der Waals surface area contributed by atoms with Gasteiger partial charge in [0.25, 0.3) is 0 Å². The summed E-state index contributed by atoms with van der Waals surface area (Å²) in [4.78, 5) is 7.45. The predicted octanol–water partition coefficient (Wildman–Crippen LogP) is 3.09. The van der Waals surface area contributed by atoms with E-state index in [9.17, 15) is 8.60 Å². The molecule has 1 aromatic heterocycles. The normalized spacial score (nSPS) is 22.0. The first kappa shape index (κ1) is 19.9. The number of H-pyrrole nitrogens is 1. The molecule has 1 saturated carbocycles. The van der Waals surface area contributed by atoms with Gasteiger partial charge in [0.15, 0.2) is 5.96 Å². The van der Waals surface area contributed by atoms with Crippen molar-refractivity contribution < 1.29 is 8.60 Å². The number of benzene rings is 1. The third-order valence-corrected chi connectivity index (χ3v) is 7.00. The Morgan fingerprint density at radius 2 is 2.26 bits per heavy atom. The van der Waals surface area contributed by atoms with Crippen LogP contribution in [0.3, 0.4) is 0 Å². The second-order valence-corrected chi connectivity index (χ2v) is 9.06. The van der Waals surface area contributed by atoms with Crippen molar-refractivity contribution in [1.82, 2.24) is 15.6 Å². The van der Waals surface area contributed by atoms with E-state index in [1.54, 1.807) is 7.05 Å². The maximum absolute atomic E-state index is 13.3. The van der Waals surface area contributed by atoms with Crippen LogP contribution in [0.25, 0.3) is 10.9 Å². The van der Waals surface area contributed by atoms with E-state index in [4.69, 9.17) is 0 Å². The first-order valence-corrected chi connectivity index (χ1v) is 11.1. The van der Waals surface area contributed by atoms with Crippen molar-refractivity contribution in [3.63, 3.8) is 0 Å². The molecule has 2 aromatic rings. The molecule has 1 fully saturated rings. The van der Waals surface area contributed by atoms with E-state index in [2.05, 4.69) is 20.6 Å². The molecule has 148 valence electrons. The lowest BCUT2D eigenvalue weighted by Gasteiger charge is -2.30. The number of halogens is 1. The average molecular weight is 393 g/mol. The third-order valence-electron chi connectivity index (χ3n) is 5.26. The number of aliphatic imine (C=N–C) groups is 1. The maximum Gasteiger partial charge on any atom is 0.191 e. The molecule has 5 nitrogen and oxygen atoms in total. The van der Waals surface area contributed by atoms with Gasteiger partial charge >= 0.3 is 0 Å². The zero-order chi connectivity index (χ0) is 19.2. The number of nitrogens with zero attached hydrogens (tertiary/aromatic N) is 1. The van der Waals surface area contributed by atoms with E-state index in [0.29, 0.717) is 11.3 Å². The van der Waals surface area contributed by atoms with Gasteiger partial charge < -0.3 is 15.6 Å². The summed E-state index contributed by atoms with van der Waals surface area (Å²) in [7, 11) is 1.05. The van der Waals surface area contributed by atoms with Crippen molar-refractivity contribution in [2.24, 2.45) is 4.99 Å². The Morgan fingerprint density at radius 1 is 1.41 bits per heavy atom. The molecular weight excluding hydrogens is 363 g/mol. The van der Waals surface area contributed by atoms with Gasteiger partial charge in [-0.3, -0.25) is 9.20 Å². The van der Waals surface area contributed by atoms with E-state index in [1.165, 1.54) is 12.1 Å². The van der Waals surface area contributed by atoms with Gasteiger partial charge in [-0.15, -0.1) is 0 Å². The highest BCUT2D eigenvalue weighted by Crippen LogP contribution is 2.23. The molecule has 1 aromatic carbocycles. The molecule has 27 heavy (non-hydrogen) atoms. The predicted molar refractivity (Wildman–Crippen MR) is 111 cm³/mol. The fraction of sp³-hybridized carbons (Fsp3) is 0.550. The highest BCUT2D eigenvalue weighted by molar-refractivity contribution is 7.85. The second-order valence-electron chi connectivity index (χ2n) is 7.05. The third kappa shape index (κ3) is 5.09. The number of fused-ring (bicyclic) bond motifs is 1. The minimum atomic E-state index is -0.722. The van der Waals surface area contributed by atoms with Gasteiger partial charge in [0.2, 0.25) is 0 Å². The molecule has 0 aliphatic heterocycles. The summed E-state index contributed by atoms with van der Waals surface area (Å²) in [6, 6.07) is 5.15. The molecule has 3 atom stereocenters. The molecule has 0 spiro atoms. The topological polar surface area (TPSA) is 69.3 Å². The maximum atomic E-state index is 13.3. The SMILES string of the molecule is CCS(=O)C1CCCC(NC(=NC)NCCc2c[nH]c3cc(F)ccc23)C1. The second kappa shape index (κ2) is 9.35. The highest BCUT2D eigenvalue weighted by atomic mass is 32.2. The summed E-state index contributed by atoms with van der Waals surface area (Å²) in [5.74, 6) is 1.29. The quantitative estimate of drug-likeness (QED) is 0.523. The van der Waals surface area contributed by atoms with E-state index >= 15 is 0 Å². The van der Waals surface area contributed by atoms with Crippen LogP contribution in [-0.2, 0) is 17.2 Å². The van der Waals surface area contributed by atoms with Crippen molar-refractivity contribution >= 4 is 27.7 Å². The number of rotatable bonds is 6. The zero-order valence-electron chi connectivity index (χ0n) is 16.1. The number of hydrogen-bond acceptors (Lipinski definition) is 2. The first-order chi connectivity index (χ1) is 13.1. The lowest BCUT2D eigenvalue weighted by molar-refractivity contribution is 0.413. The number of aromatic amines is 1. The van der Waals surface area contributed by atoms with Crippen LogP contribution in [0.1, 0.15) is 38.2 Å². The summed E-state index contributed by atoms with van der Waals surface area (Å²) < 4.78 is 25.4. The lowest BCUT2D eigenvalue weighted by Crippen LogP contribution is -2.47. The Labute approximate surface area is 162 Å². The molecule has 3 rings (SSSR count). The van der Waals surface area contributed by atoms with E-state index in [-0.39, 0.29) is 5.82 Å². The first-order valence-electron chi connectivity index (χ1n) is 9.70. The molecular formula is C20H29FN4OS. The molecule has 0 saturated heterocycles. The average Bonchev–Trinajstić information content (AvgIpc) is 3.08. The van der Waals surface area contributed by atoms with E-state index < -0.39 is 10.8 Å². The monoisotopic (exact) mass is 392 g/mol. The summed E-state index contributed by atoms with van der Waals surface area (Å²) in [6.45, 7) is 2.73. The van der Waals surface area contributed by atoms with Crippen molar-refractivity contribution in [2.45, 2.75) is 50.3 Å². The Hall–Kier alpha value is -1.89. The zero-order valence-corrected chi connectivity index (χ0v) is 16.9. The van der Waals surface area contributed by atoms with Gasteiger partial charge in [0, 0.05) is 58.5 Å². The minimum absolute atomic E-state index is 0.228. The lowest BCUT2D eigenvalue weighted by atomic mass is 9.95. The minimum Gasteiger partial charge on any atom is -0.361 e. The molecule has 7 heteroatoms. The Morgan fingerprint density at radius 3 is 3.04 bits per heavy atom. The Balaban J connectivity index is 1.51. The van der Waals surface area contributed by atoms with Crippen LogP contribution in [0.5, 0.6) is 0 Å². The van der Waals surface area contributed by atoms with Crippen molar-refractivity contribution in [3.05, 3.63) is 35.8 Å². The van der Waals surface area contributed by atoms with Crippen molar-refractivity contribution in [3.8, 4) is 0 Å². The molecule has 3 unspecified atom stereocenters. The molecule has 1 heterocycles. The van der Waals surface area contributed by atoms with Gasteiger partial charge in [0.1, 0.15) is 5.82 Å². The van der Waals surface area contributed by atoms with E-state index in [0.717, 1.165) is 66.8 Å². The molecule has 0 radical (unpaired) electrons. The van der Waals surface area contributed by atoms with Crippen LogP contribution in [0.4, 0.5) is 4.39 Å².